The van der Waals surface area contributed by atoms with Crippen LogP contribution in [0.1, 0.15) is 34.3 Å². The first-order chi connectivity index (χ1) is 13.0. The maximum Gasteiger partial charge on any atom is 0.258 e. The molecule has 27 heavy (non-hydrogen) atoms. The van der Waals surface area contributed by atoms with Crippen molar-refractivity contribution < 1.29 is 14.3 Å². The number of aryl methyl sites for hydroxylation is 2. The molecule has 2 aliphatic rings. The van der Waals surface area contributed by atoms with Crippen molar-refractivity contribution in [2.75, 3.05) is 36.5 Å². The molecule has 4 rings (SSSR count). The summed E-state index contributed by atoms with van der Waals surface area (Å²) >= 11 is 0. The highest BCUT2D eigenvalue weighted by Crippen LogP contribution is 2.32. The topological polar surface area (TPSA) is 76.6 Å². The zero-order valence-corrected chi connectivity index (χ0v) is 15.7. The summed E-state index contributed by atoms with van der Waals surface area (Å²) in [6.07, 6.45) is 4.74. The number of anilines is 2. The Bertz CT molecular complexity index is 822. The van der Waals surface area contributed by atoms with E-state index in [1.807, 2.05) is 32.0 Å². The minimum absolute atomic E-state index is 0.213. The lowest BCUT2D eigenvalue weighted by Gasteiger charge is -2.37. The van der Waals surface area contributed by atoms with Crippen LogP contribution in [-0.2, 0) is 9.47 Å². The summed E-state index contributed by atoms with van der Waals surface area (Å²) < 4.78 is 11.5. The fourth-order valence-corrected chi connectivity index (χ4v) is 3.46. The van der Waals surface area contributed by atoms with E-state index >= 15 is 0 Å². The fourth-order valence-electron chi connectivity index (χ4n) is 3.46. The summed E-state index contributed by atoms with van der Waals surface area (Å²) in [5.41, 5.74) is 3.54. The fraction of sp³-hybridized carbons (Fsp3) is 0.450. The lowest BCUT2D eigenvalue weighted by atomic mass is 10.0. The van der Waals surface area contributed by atoms with Crippen molar-refractivity contribution in [3.05, 3.63) is 47.3 Å². The molecule has 7 nitrogen and oxygen atoms in total. The number of ether oxygens (including phenoxy) is 2. The molecule has 2 fully saturated rings. The lowest BCUT2D eigenvalue weighted by Crippen LogP contribution is -2.45. The van der Waals surface area contributed by atoms with Crippen molar-refractivity contribution in [1.29, 1.82) is 0 Å². The Labute approximate surface area is 158 Å². The first-order valence-corrected chi connectivity index (χ1v) is 9.28. The van der Waals surface area contributed by atoms with Gasteiger partial charge < -0.3 is 19.7 Å². The summed E-state index contributed by atoms with van der Waals surface area (Å²) in [6.45, 7) is 6.94. The molecular weight excluding hydrogens is 344 g/mol. The smallest absolute Gasteiger partial charge is 0.258 e. The number of carbonyl (C=O) groups excluding carboxylic acids is 1. The Balaban J connectivity index is 1.38. The standard InChI is InChI=1S/C20H24N4O3/c1-14-3-4-17(11-15(14)2)23-18(25)16-12-21-19(22-13-16)24-7-5-20(6-8-24)26-9-10-27-20/h3-4,11-13H,5-10H2,1-2H3,(H,23,25). The van der Waals surface area contributed by atoms with Gasteiger partial charge in [0.1, 0.15) is 0 Å². The molecule has 7 heteroatoms. The average molecular weight is 368 g/mol. The zero-order chi connectivity index (χ0) is 18.9. The highest BCUT2D eigenvalue weighted by atomic mass is 16.7. The van der Waals surface area contributed by atoms with Crippen LogP contribution in [0.5, 0.6) is 0 Å². The molecule has 0 aliphatic carbocycles. The number of carbonyl (C=O) groups is 1. The first kappa shape index (κ1) is 17.9. The van der Waals surface area contributed by atoms with E-state index in [4.69, 9.17) is 9.47 Å². The van der Waals surface area contributed by atoms with Gasteiger partial charge in [0.2, 0.25) is 5.95 Å². The SMILES string of the molecule is Cc1ccc(NC(=O)c2cnc(N3CCC4(CC3)OCCO4)nc2)cc1C. The van der Waals surface area contributed by atoms with Crippen LogP contribution in [0.3, 0.4) is 0 Å². The molecule has 1 aromatic carbocycles. The monoisotopic (exact) mass is 368 g/mol. The van der Waals surface area contributed by atoms with Crippen molar-refractivity contribution in [2.45, 2.75) is 32.5 Å². The van der Waals surface area contributed by atoms with Gasteiger partial charge >= 0.3 is 0 Å². The van der Waals surface area contributed by atoms with Gasteiger partial charge in [-0.05, 0) is 37.1 Å². The molecule has 2 aliphatic heterocycles. The van der Waals surface area contributed by atoms with Crippen molar-refractivity contribution in [2.24, 2.45) is 0 Å². The molecule has 1 aromatic heterocycles. The Morgan fingerprint density at radius 1 is 1.07 bits per heavy atom. The number of hydrogen-bond donors (Lipinski definition) is 1. The van der Waals surface area contributed by atoms with Gasteiger partial charge in [0.15, 0.2) is 5.79 Å². The molecule has 142 valence electrons. The van der Waals surface area contributed by atoms with Crippen LogP contribution < -0.4 is 10.2 Å². The molecule has 1 amide bonds. The second-order valence-electron chi connectivity index (χ2n) is 7.12. The van der Waals surface area contributed by atoms with E-state index in [9.17, 15) is 4.79 Å². The summed E-state index contributed by atoms with van der Waals surface area (Å²) in [7, 11) is 0. The Hall–Kier alpha value is -2.51. The van der Waals surface area contributed by atoms with E-state index in [0.717, 1.165) is 37.2 Å². The number of benzene rings is 1. The molecule has 2 aromatic rings. The predicted molar refractivity (Wildman–Crippen MR) is 102 cm³/mol. The van der Waals surface area contributed by atoms with E-state index in [1.54, 1.807) is 12.4 Å². The number of rotatable bonds is 3. The molecule has 0 unspecified atom stereocenters. The maximum atomic E-state index is 12.4. The number of aromatic nitrogens is 2. The summed E-state index contributed by atoms with van der Waals surface area (Å²) in [5, 5.41) is 2.89. The van der Waals surface area contributed by atoms with Crippen LogP contribution in [0.4, 0.5) is 11.6 Å². The van der Waals surface area contributed by atoms with Crippen molar-refractivity contribution in [3.8, 4) is 0 Å². The summed E-state index contributed by atoms with van der Waals surface area (Å²) in [6, 6.07) is 5.84. The van der Waals surface area contributed by atoms with Gasteiger partial charge in [0.25, 0.3) is 5.91 Å². The van der Waals surface area contributed by atoms with Crippen molar-refractivity contribution in [3.63, 3.8) is 0 Å². The largest absolute Gasteiger partial charge is 0.347 e. The van der Waals surface area contributed by atoms with Crippen LogP contribution in [0, 0.1) is 13.8 Å². The van der Waals surface area contributed by atoms with E-state index in [1.165, 1.54) is 5.56 Å². The molecule has 3 heterocycles. The number of piperidine rings is 1. The molecule has 0 atom stereocenters. The highest BCUT2D eigenvalue weighted by molar-refractivity contribution is 6.03. The van der Waals surface area contributed by atoms with Crippen molar-refractivity contribution in [1.82, 2.24) is 9.97 Å². The third-order valence-corrected chi connectivity index (χ3v) is 5.29. The van der Waals surface area contributed by atoms with Crippen LogP contribution >= 0.6 is 0 Å². The minimum Gasteiger partial charge on any atom is -0.347 e. The molecule has 0 radical (unpaired) electrons. The zero-order valence-electron chi connectivity index (χ0n) is 15.7. The van der Waals surface area contributed by atoms with Gasteiger partial charge in [-0.25, -0.2) is 9.97 Å². The van der Waals surface area contributed by atoms with Gasteiger partial charge in [-0.15, -0.1) is 0 Å². The van der Waals surface area contributed by atoms with Gasteiger partial charge in [-0.1, -0.05) is 6.07 Å². The second-order valence-corrected chi connectivity index (χ2v) is 7.12. The first-order valence-electron chi connectivity index (χ1n) is 9.28. The van der Waals surface area contributed by atoms with Gasteiger partial charge in [0, 0.05) is 44.0 Å². The number of hydrogen-bond acceptors (Lipinski definition) is 6. The second kappa shape index (κ2) is 7.25. The van der Waals surface area contributed by atoms with Gasteiger partial charge in [-0.3, -0.25) is 4.79 Å². The average Bonchev–Trinajstić information content (AvgIpc) is 3.13. The van der Waals surface area contributed by atoms with Gasteiger partial charge in [-0.2, -0.15) is 0 Å². The predicted octanol–water partition coefficient (Wildman–Crippen LogP) is 2.69. The summed E-state index contributed by atoms with van der Waals surface area (Å²) in [5.74, 6) is 0.00315. The lowest BCUT2D eigenvalue weighted by molar-refractivity contribution is -0.169. The molecule has 2 saturated heterocycles. The van der Waals surface area contributed by atoms with Crippen LogP contribution in [0.2, 0.25) is 0 Å². The number of nitrogens with zero attached hydrogens (tertiary/aromatic N) is 3. The number of nitrogens with one attached hydrogen (secondary N) is 1. The van der Waals surface area contributed by atoms with Crippen LogP contribution in [0.25, 0.3) is 0 Å². The third kappa shape index (κ3) is 3.79. The Morgan fingerprint density at radius 2 is 1.74 bits per heavy atom. The Kier molecular flexibility index (Phi) is 4.80. The van der Waals surface area contributed by atoms with E-state index in [2.05, 4.69) is 20.2 Å². The van der Waals surface area contributed by atoms with Gasteiger partial charge in [0.05, 0.1) is 18.8 Å². The van der Waals surface area contributed by atoms with E-state index in [0.29, 0.717) is 24.7 Å². The third-order valence-electron chi connectivity index (χ3n) is 5.29. The van der Waals surface area contributed by atoms with E-state index in [-0.39, 0.29) is 5.91 Å². The van der Waals surface area contributed by atoms with Crippen LogP contribution in [-0.4, -0.2) is 48.0 Å². The molecular formula is C20H24N4O3. The highest BCUT2D eigenvalue weighted by Gasteiger charge is 2.40. The Morgan fingerprint density at radius 3 is 2.37 bits per heavy atom. The molecule has 0 bridgehead atoms. The molecule has 1 N–H and O–H groups in total. The maximum absolute atomic E-state index is 12.4. The summed E-state index contributed by atoms with van der Waals surface area (Å²) in [4.78, 5) is 23.3. The quantitative estimate of drug-likeness (QED) is 0.898. The van der Waals surface area contributed by atoms with E-state index < -0.39 is 5.79 Å². The minimum atomic E-state index is -0.414. The number of amides is 1. The van der Waals surface area contributed by atoms with Crippen LogP contribution in [0.15, 0.2) is 30.6 Å². The normalized spacial score (nSPS) is 18.7. The molecule has 1 spiro atoms. The molecule has 0 saturated carbocycles. The van der Waals surface area contributed by atoms with Crippen molar-refractivity contribution >= 4 is 17.5 Å².